The maximum Gasteiger partial charge on any atom is 0.115 e. The third kappa shape index (κ3) is 1.96. The van der Waals surface area contributed by atoms with Crippen molar-refractivity contribution in [2.75, 3.05) is 0 Å². The molecular formula is C20H28O. The molecule has 2 fully saturated rings. The van der Waals surface area contributed by atoms with Gasteiger partial charge in [0.05, 0.1) is 0 Å². The van der Waals surface area contributed by atoms with E-state index in [2.05, 4.69) is 26.8 Å². The zero-order valence-corrected chi connectivity index (χ0v) is 13.6. The van der Waals surface area contributed by atoms with E-state index in [1.807, 2.05) is 12.1 Å². The largest absolute Gasteiger partial charge is 0.508 e. The molecule has 5 atom stereocenters. The predicted molar refractivity (Wildman–Crippen MR) is 86.4 cm³/mol. The Bertz CT molecular complexity index is 559. The summed E-state index contributed by atoms with van der Waals surface area (Å²) in [6.45, 7) is 7.44. The summed E-state index contributed by atoms with van der Waals surface area (Å²) in [4.78, 5) is 0. The SMILES string of the molecule is C[C@H](C1CC1)C1CC[C@@]2(C)c3cc(O)ccc3C[C@@H]1[C@@H]2C. The molecule has 0 aromatic heterocycles. The molecule has 0 amide bonds. The van der Waals surface area contributed by atoms with Gasteiger partial charge < -0.3 is 5.11 Å². The van der Waals surface area contributed by atoms with Crippen molar-refractivity contribution in [3.8, 4) is 5.75 Å². The van der Waals surface area contributed by atoms with Gasteiger partial charge in [-0.3, -0.25) is 0 Å². The van der Waals surface area contributed by atoms with E-state index in [0.29, 0.717) is 5.75 Å². The lowest BCUT2D eigenvalue weighted by molar-refractivity contribution is 0.0331. The monoisotopic (exact) mass is 284 g/mol. The molecule has 0 radical (unpaired) electrons. The topological polar surface area (TPSA) is 20.2 Å². The Labute approximate surface area is 128 Å². The van der Waals surface area contributed by atoms with Crippen molar-refractivity contribution in [1.29, 1.82) is 0 Å². The van der Waals surface area contributed by atoms with Crippen molar-refractivity contribution in [1.82, 2.24) is 0 Å². The van der Waals surface area contributed by atoms with Gasteiger partial charge in [-0.2, -0.15) is 0 Å². The van der Waals surface area contributed by atoms with Gasteiger partial charge in [-0.25, -0.2) is 0 Å². The average Bonchev–Trinajstić information content (AvgIpc) is 3.28. The van der Waals surface area contributed by atoms with Gasteiger partial charge in [-0.05, 0) is 90.4 Å². The minimum Gasteiger partial charge on any atom is -0.508 e. The number of phenols is 1. The molecule has 1 heteroatoms. The molecular weight excluding hydrogens is 256 g/mol. The van der Waals surface area contributed by atoms with E-state index in [-0.39, 0.29) is 5.41 Å². The summed E-state index contributed by atoms with van der Waals surface area (Å²) >= 11 is 0. The fraction of sp³-hybridized carbons (Fsp3) is 0.700. The van der Waals surface area contributed by atoms with Crippen LogP contribution in [0.1, 0.15) is 57.6 Å². The Balaban J connectivity index is 1.73. The first-order valence-corrected chi connectivity index (χ1v) is 8.83. The number of hydrogen-bond donors (Lipinski definition) is 1. The molecule has 3 aliphatic rings. The lowest BCUT2D eigenvalue weighted by Gasteiger charge is -2.54. The lowest BCUT2D eigenvalue weighted by atomic mass is 9.50. The molecule has 1 aromatic carbocycles. The highest BCUT2D eigenvalue weighted by atomic mass is 16.3. The van der Waals surface area contributed by atoms with E-state index in [9.17, 15) is 5.11 Å². The van der Waals surface area contributed by atoms with Gasteiger partial charge in [-0.1, -0.05) is 26.8 Å². The number of hydrogen-bond acceptors (Lipinski definition) is 1. The second-order valence-electron chi connectivity index (χ2n) is 8.31. The van der Waals surface area contributed by atoms with Crippen molar-refractivity contribution in [2.24, 2.45) is 29.6 Å². The fourth-order valence-corrected chi connectivity index (χ4v) is 5.61. The number of benzene rings is 1. The maximum atomic E-state index is 9.91. The van der Waals surface area contributed by atoms with E-state index in [1.165, 1.54) is 43.2 Å². The van der Waals surface area contributed by atoms with Gasteiger partial charge >= 0.3 is 0 Å². The Morgan fingerprint density at radius 2 is 2.00 bits per heavy atom. The van der Waals surface area contributed by atoms with E-state index < -0.39 is 0 Å². The number of phenolic OH excluding ortho intramolecular Hbond substituents is 1. The van der Waals surface area contributed by atoms with Crippen molar-refractivity contribution >= 4 is 0 Å². The van der Waals surface area contributed by atoms with Crippen LogP contribution in [-0.4, -0.2) is 5.11 Å². The van der Waals surface area contributed by atoms with Crippen molar-refractivity contribution in [3.63, 3.8) is 0 Å². The van der Waals surface area contributed by atoms with Crippen LogP contribution in [0.5, 0.6) is 5.75 Å². The molecule has 2 bridgehead atoms. The van der Waals surface area contributed by atoms with Gasteiger partial charge in [0.2, 0.25) is 0 Å². The van der Waals surface area contributed by atoms with Gasteiger partial charge in [0.25, 0.3) is 0 Å². The summed E-state index contributed by atoms with van der Waals surface area (Å²) in [7, 11) is 0. The third-order valence-electron chi connectivity index (χ3n) is 7.40. The zero-order chi connectivity index (χ0) is 14.8. The molecule has 1 aromatic rings. The number of rotatable bonds is 2. The summed E-state index contributed by atoms with van der Waals surface area (Å²) in [5, 5.41) is 9.91. The first-order chi connectivity index (χ1) is 10.0. The fourth-order valence-electron chi connectivity index (χ4n) is 5.61. The number of fused-ring (bicyclic) bond motifs is 4. The number of aromatic hydroxyl groups is 1. The van der Waals surface area contributed by atoms with Crippen LogP contribution in [0.2, 0.25) is 0 Å². The van der Waals surface area contributed by atoms with Crippen LogP contribution in [0, 0.1) is 29.6 Å². The molecule has 1 N–H and O–H groups in total. The second kappa shape index (κ2) is 4.51. The molecule has 0 saturated heterocycles. The van der Waals surface area contributed by atoms with Crippen LogP contribution >= 0.6 is 0 Å². The highest BCUT2D eigenvalue weighted by Gasteiger charge is 2.51. The van der Waals surface area contributed by atoms with Crippen molar-refractivity contribution < 1.29 is 5.11 Å². The molecule has 3 aliphatic carbocycles. The average molecular weight is 284 g/mol. The van der Waals surface area contributed by atoms with E-state index in [4.69, 9.17) is 0 Å². The van der Waals surface area contributed by atoms with Crippen LogP contribution < -0.4 is 0 Å². The molecule has 1 unspecified atom stereocenters. The molecule has 21 heavy (non-hydrogen) atoms. The van der Waals surface area contributed by atoms with Gasteiger partial charge in [-0.15, -0.1) is 0 Å². The molecule has 0 spiro atoms. The summed E-state index contributed by atoms with van der Waals surface area (Å²) in [6, 6.07) is 6.12. The smallest absolute Gasteiger partial charge is 0.115 e. The molecule has 2 saturated carbocycles. The Kier molecular flexibility index (Phi) is 2.93. The predicted octanol–water partition coefficient (Wildman–Crippen LogP) is 4.91. The standard InChI is InChI=1S/C20H28O/c1-12(14-4-5-14)17-8-9-20(3)13(2)18(17)10-15-6-7-16(21)11-19(15)20/h6-7,11-14,17-18,21H,4-5,8-10H2,1-3H3/t12-,13+,17?,18-,20-/m1/s1. The van der Waals surface area contributed by atoms with Crippen LogP contribution in [0.3, 0.4) is 0 Å². The van der Waals surface area contributed by atoms with Crippen LogP contribution in [0.25, 0.3) is 0 Å². The Morgan fingerprint density at radius 1 is 1.24 bits per heavy atom. The molecule has 114 valence electrons. The van der Waals surface area contributed by atoms with Crippen molar-refractivity contribution in [2.45, 2.75) is 58.3 Å². The molecule has 4 rings (SSSR count). The first-order valence-electron chi connectivity index (χ1n) is 8.83. The Morgan fingerprint density at radius 3 is 2.71 bits per heavy atom. The minimum atomic E-state index is 0.275. The van der Waals surface area contributed by atoms with Gasteiger partial charge in [0.15, 0.2) is 0 Å². The molecule has 0 aliphatic heterocycles. The first kappa shape index (κ1) is 13.7. The molecule has 1 nitrogen and oxygen atoms in total. The summed E-state index contributed by atoms with van der Waals surface area (Å²) < 4.78 is 0. The minimum absolute atomic E-state index is 0.275. The van der Waals surface area contributed by atoms with E-state index in [1.54, 1.807) is 0 Å². The summed E-state index contributed by atoms with van der Waals surface area (Å²) in [5.74, 6) is 4.88. The van der Waals surface area contributed by atoms with Crippen LogP contribution in [0.4, 0.5) is 0 Å². The zero-order valence-electron chi connectivity index (χ0n) is 13.6. The van der Waals surface area contributed by atoms with E-state index >= 15 is 0 Å². The van der Waals surface area contributed by atoms with Gasteiger partial charge in [0, 0.05) is 0 Å². The highest BCUT2D eigenvalue weighted by molar-refractivity contribution is 5.43. The summed E-state index contributed by atoms with van der Waals surface area (Å²) in [6.07, 6.45) is 6.86. The quantitative estimate of drug-likeness (QED) is 0.817. The summed E-state index contributed by atoms with van der Waals surface area (Å²) in [5.41, 5.74) is 3.21. The highest BCUT2D eigenvalue weighted by Crippen LogP contribution is 2.58. The Hall–Kier alpha value is -0.980. The van der Waals surface area contributed by atoms with Gasteiger partial charge in [0.1, 0.15) is 5.75 Å². The third-order valence-corrected chi connectivity index (χ3v) is 7.40. The van der Waals surface area contributed by atoms with E-state index in [0.717, 1.165) is 29.6 Å². The van der Waals surface area contributed by atoms with Crippen molar-refractivity contribution in [3.05, 3.63) is 29.3 Å². The normalized spacial score (nSPS) is 39.7. The second-order valence-corrected chi connectivity index (χ2v) is 8.31. The maximum absolute atomic E-state index is 9.91. The van der Waals surface area contributed by atoms with Crippen LogP contribution in [0.15, 0.2) is 18.2 Å². The van der Waals surface area contributed by atoms with Crippen LogP contribution in [-0.2, 0) is 11.8 Å². The lowest BCUT2D eigenvalue weighted by Crippen LogP contribution is -2.49. The molecule has 0 heterocycles.